The Morgan fingerprint density at radius 3 is 2.44 bits per heavy atom. The molecule has 1 aliphatic heterocycles. The van der Waals surface area contributed by atoms with Gasteiger partial charge in [0.15, 0.2) is 0 Å². The summed E-state index contributed by atoms with van der Waals surface area (Å²) >= 11 is 0. The highest BCUT2D eigenvalue weighted by atomic mass is 16.6. The molecule has 1 saturated heterocycles. The molecular weight excluding hydrogens is 324 g/mol. The highest BCUT2D eigenvalue weighted by Crippen LogP contribution is 2.32. The van der Waals surface area contributed by atoms with Gasteiger partial charge in [-0.25, -0.2) is 0 Å². The molecule has 1 fully saturated rings. The smallest absolute Gasteiger partial charge is 0.308 e. The lowest BCUT2D eigenvalue weighted by Crippen LogP contribution is -2.45. The molecule has 7 heteroatoms. The second kappa shape index (κ2) is 6.82. The van der Waals surface area contributed by atoms with Gasteiger partial charge in [0, 0.05) is 30.3 Å². The van der Waals surface area contributed by atoms with Gasteiger partial charge >= 0.3 is 5.97 Å². The number of nitrogens with zero attached hydrogens (tertiary/aromatic N) is 2. The SMILES string of the molecule is CC1CC(C(=O)O)CN(C(=O)c2ccc(C(C)(C)C)c([N+](=O)[O-])c2)C1. The first-order chi connectivity index (χ1) is 11.5. The summed E-state index contributed by atoms with van der Waals surface area (Å²) in [4.78, 5) is 36.5. The summed E-state index contributed by atoms with van der Waals surface area (Å²) in [5.41, 5.74) is 0.276. The van der Waals surface area contributed by atoms with Gasteiger partial charge in [-0.15, -0.1) is 0 Å². The van der Waals surface area contributed by atoms with Crippen molar-refractivity contribution in [1.82, 2.24) is 4.90 Å². The van der Waals surface area contributed by atoms with Crippen LogP contribution in [0.15, 0.2) is 18.2 Å². The molecule has 0 saturated carbocycles. The van der Waals surface area contributed by atoms with Crippen molar-refractivity contribution in [2.45, 2.75) is 39.5 Å². The minimum atomic E-state index is -0.918. The molecule has 25 heavy (non-hydrogen) atoms. The maximum absolute atomic E-state index is 12.8. The Kier molecular flexibility index (Phi) is 5.15. The molecule has 0 spiro atoms. The van der Waals surface area contributed by atoms with E-state index < -0.39 is 22.2 Å². The molecule has 1 amide bonds. The highest BCUT2D eigenvalue weighted by molar-refractivity contribution is 5.95. The van der Waals surface area contributed by atoms with Crippen molar-refractivity contribution in [1.29, 1.82) is 0 Å². The summed E-state index contributed by atoms with van der Waals surface area (Å²) in [6.45, 7) is 8.12. The highest BCUT2D eigenvalue weighted by Gasteiger charge is 2.33. The third kappa shape index (κ3) is 4.15. The molecule has 0 aromatic heterocycles. The number of carbonyl (C=O) groups is 2. The summed E-state index contributed by atoms with van der Waals surface area (Å²) < 4.78 is 0. The summed E-state index contributed by atoms with van der Waals surface area (Å²) in [5, 5.41) is 20.7. The summed E-state index contributed by atoms with van der Waals surface area (Å²) in [6.07, 6.45) is 0.530. The van der Waals surface area contributed by atoms with Gasteiger partial charge in [-0.3, -0.25) is 19.7 Å². The number of carboxylic acids is 1. The van der Waals surface area contributed by atoms with E-state index in [1.54, 1.807) is 12.1 Å². The zero-order valence-electron chi connectivity index (χ0n) is 15.0. The Morgan fingerprint density at radius 2 is 1.92 bits per heavy atom. The molecule has 1 heterocycles. The maximum atomic E-state index is 12.8. The molecule has 1 aliphatic rings. The van der Waals surface area contributed by atoms with Crippen LogP contribution in [0.1, 0.15) is 50.0 Å². The van der Waals surface area contributed by atoms with Crippen LogP contribution in [0.4, 0.5) is 5.69 Å². The standard InChI is InChI=1S/C18H24N2O5/c1-11-7-13(17(22)23)10-19(9-11)16(21)12-5-6-14(18(2,3)4)15(8-12)20(24)25/h5-6,8,11,13H,7,9-10H2,1-4H3,(H,22,23). The van der Waals surface area contributed by atoms with Gasteiger partial charge in [-0.1, -0.05) is 33.8 Å². The fourth-order valence-electron chi connectivity index (χ4n) is 3.33. The number of carbonyl (C=O) groups excluding carboxylic acids is 1. The molecule has 2 unspecified atom stereocenters. The third-order valence-electron chi connectivity index (χ3n) is 4.55. The van der Waals surface area contributed by atoms with Crippen molar-refractivity contribution < 1.29 is 19.6 Å². The van der Waals surface area contributed by atoms with Crippen LogP contribution in [-0.4, -0.2) is 39.9 Å². The Bertz CT molecular complexity index is 708. The van der Waals surface area contributed by atoms with E-state index in [-0.39, 0.29) is 29.6 Å². The molecule has 1 N–H and O–H groups in total. The number of hydrogen-bond acceptors (Lipinski definition) is 4. The van der Waals surface area contributed by atoms with Gasteiger partial charge in [-0.2, -0.15) is 0 Å². The number of amides is 1. The number of piperidine rings is 1. The van der Waals surface area contributed by atoms with Crippen molar-refractivity contribution >= 4 is 17.6 Å². The Balaban J connectivity index is 2.34. The van der Waals surface area contributed by atoms with E-state index in [4.69, 9.17) is 0 Å². The van der Waals surface area contributed by atoms with Crippen LogP contribution in [-0.2, 0) is 10.2 Å². The number of rotatable bonds is 3. The lowest BCUT2D eigenvalue weighted by molar-refractivity contribution is -0.386. The predicted octanol–water partition coefficient (Wildman–Crippen LogP) is 3.08. The third-order valence-corrected chi connectivity index (χ3v) is 4.55. The molecule has 1 aromatic carbocycles. The van der Waals surface area contributed by atoms with Crippen molar-refractivity contribution in [2.24, 2.45) is 11.8 Å². The quantitative estimate of drug-likeness (QED) is 0.668. The van der Waals surface area contributed by atoms with Crippen LogP contribution in [0, 0.1) is 22.0 Å². The molecule has 2 rings (SSSR count). The first kappa shape index (κ1) is 18.9. The number of nitro benzene ring substituents is 1. The molecule has 1 aromatic rings. The summed E-state index contributed by atoms with van der Waals surface area (Å²) in [5.74, 6) is -1.81. The van der Waals surface area contributed by atoms with Crippen molar-refractivity contribution in [3.63, 3.8) is 0 Å². The molecule has 2 atom stereocenters. The van der Waals surface area contributed by atoms with Crippen LogP contribution in [0.5, 0.6) is 0 Å². The lowest BCUT2D eigenvalue weighted by atomic mass is 9.85. The topological polar surface area (TPSA) is 101 Å². The van der Waals surface area contributed by atoms with Gasteiger partial charge in [-0.05, 0) is 23.8 Å². The summed E-state index contributed by atoms with van der Waals surface area (Å²) in [6, 6.07) is 4.51. The average Bonchev–Trinajstić information content (AvgIpc) is 2.52. The van der Waals surface area contributed by atoms with E-state index in [9.17, 15) is 24.8 Å². The van der Waals surface area contributed by atoms with Crippen molar-refractivity contribution in [3.05, 3.63) is 39.4 Å². The van der Waals surface area contributed by atoms with Gasteiger partial charge in [0.2, 0.25) is 0 Å². The van der Waals surface area contributed by atoms with Gasteiger partial charge in [0.05, 0.1) is 10.8 Å². The van der Waals surface area contributed by atoms with Crippen LogP contribution in [0.25, 0.3) is 0 Å². The van der Waals surface area contributed by atoms with Gasteiger partial charge in [0.1, 0.15) is 0 Å². The first-order valence-electron chi connectivity index (χ1n) is 8.31. The number of likely N-dealkylation sites (tertiary alicyclic amines) is 1. The van der Waals surface area contributed by atoms with E-state index in [1.165, 1.54) is 11.0 Å². The van der Waals surface area contributed by atoms with Crippen LogP contribution in [0.3, 0.4) is 0 Å². The zero-order valence-corrected chi connectivity index (χ0v) is 15.0. The Hall–Kier alpha value is -2.44. The van der Waals surface area contributed by atoms with E-state index in [0.717, 1.165) is 0 Å². The monoisotopic (exact) mass is 348 g/mol. The van der Waals surface area contributed by atoms with E-state index in [0.29, 0.717) is 18.5 Å². The second-order valence-electron chi connectivity index (χ2n) is 7.83. The predicted molar refractivity (Wildman–Crippen MR) is 92.6 cm³/mol. The van der Waals surface area contributed by atoms with Crippen LogP contribution >= 0.6 is 0 Å². The van der Waals surface area contributed by atoms with E-state index in [1.807, 2.05) is 27.7 Å². The molecule has 0 radical (unpaired) electrons. The molecule has 136 valence electrons. The summed E-state index contributed by atoms with van der Waals surface area (Å²) in [7, 11) is 0. The Labute approximate surface area is 146 Å². The minimum Gasteiger partial charge on any atom is -0.481 e. The number of carboxylic acid groups (broad SMARTS) is 1. The molecule has 7 nitrogen and oxygen atoms in total. The van der Waals surface area contributed by atoms with Crippen molar-refractivity contribution in [3.8, 4) is 0 Å². The average molecular weight is 348 g/mol. The fourth-order valence-corrected chi connectivity index (χ4v) is 3.33. The molecule has 0 bridgehead atoms. The van der Waals surface area contributed by atoms with Crippen molar-refractivity contribution in [2.75, 3.05) is 13.1 Å². The zero-order chi connectivity index (χ0) is 18.9. The minimum absolute atomic E-state index is 0.0719. The van der Waals surface area contributed by atoms with Crippen LogP contribution < -0.4 is 0 Å². The van der Waals surface area contributed by atoms with Crippen LogP contribution in [0.2, 0.25) is 0 Å². The van der Waals surface area contributed by atoms with E-state index in [2.05, 4.69) is 0 Å². The largest absolute Gasteiger partial charge is 0.481 e. The fraction of sp³-hybridized carbons (Fsp3) is 0.556. The van der Waals surface area contributed by atoms with E-state index >= 15 is 0 Å². The van der Waals surface area contributed by atoms with Gasteiger partial charge < -0.3 is 10.0 Å². The normalized spacial score (nSPS) is 21.0. The second-order valence-corrected chi connectivity index (χ2v) is 7.83. The number of hydrogen-bond donors (Lipinski definition) is 1. The number of aliphatic carboxylic acids is 1. The molecular formula is C18H24N2O5. The number of benzene rings is 1. The Morgan fingerprint density at radius 1 is 1.28 bits per heavy atom. The number of nitro groups is 1. The molecule has 0 aliphatic carbocycles. The maximum Gasteiger partial charge on any atom is 0.308 e. The van der Waals surface area contributed by atoms with Gasteiger partial charge in [0.25, 0.3) is 11.6 Å². The lowest BCUT2D eigenvalue weighted by Gasteiger charge is -2.34. The first-order valence-corrected chi connectivity index (χ1v) is 8.31.